The maximum atomic E-state index is 12.9. The number of rotatable bonds is 36. The van der Waals surface area contributed by atoms with Gasteiger partial charge in [0.25, 0.3) is 0 Å². The van der Waals surface area contributed by atoms with Crippen LogP contribution in [0.15, 0.2) is 6.20 Å². The Morgan fingerprint density at radius 2 is 1.09 bits per heavy atom. The van der Waals surface area contributed by atoms with Gasteiger partial charge in [0.1, 0.15) is 147 Å². The predicted octanol–water partition coefficient (Wildman–Crippen LogP) is -12.6. The molecule has 0 aliphatic carbocycles. The quantitative estimate of drug-likeness (QED) is 0.0219. The Morgan fingerprint density at radius 1 is 0.559 bits per heavy atom. The average Bonchev–Trinajstić information content (AvgIpc) is 1.06. The van der Waals surface area contributed by atoms with E-state index in [0.717, 1.165) is 31.9 Å². The van der Waals surface area contributed by atoms with Crippen molar-refractivity contribution < 1.29 is 168 Å². The molecule has 4 amide bonds. The molecule has 0 radical (unpaired) electrons. The van der Waals surface area contributed by atoms with Crippen molar-refractivity contribution in [3.63, 3.8) is 0 Å². The smallest absolute Gasteiger partial charge is 0.315 e. The van der Waals surface area contributed by atoms with Crippen LogP contribution >= 0.6 is 11.8 Å². The lowest BCUT2D eigenvalue weighted by atomic mass is 9.94. The Hall–Kier alpha value is -3.58. The Labute approximate surface area is 587 Å². The number of aromatic nitrogens is 3. The van der Waals surface area contributed by atoms with E-state index < -0.39 is 223 Å². The molecule has 1 aromatic heterocycles. The SMILES string of the molecule is CC(=O)NC1C(OC2C(O)C(CO)OC(OC3C(CO)OC(OC4C(CO)OC(NCc5cn(CCOCCOCCOCCNC(=O)CCCC[C@H]6SC[C@H]7NC(=O)N[C@H]76)nn5)C(O)C4O)C(O)C3O)C2O)OC(CO)C(O)C1OC1OC(CO)C(O)C(O)C1OC1OC(C)C(O)C(O)C1O. The van der Waals surface area contributed by atoms with Crippen molar-refractivity contribution in [1.29, 1.82) is 0 Å². The number of carbonyl (C=O) groups excluding carboxylic acids is 3. The number of aliphatic hydroxyl groups excluding tert-OH is 17. The van der Waals surface area contributed by atoms with Gasteiger partial charge in [-0.2, -0.15) is 11.8 Å². The molecule has 9 heterocycles. The number of hydrogen-bond acceptors (Lipinski definition) is 38. The van der Waals surface area contributed by atoms with Crippen molar-refractivity contribution in [3.8, 4) is 0 Å². The minimum absolute atomic E-state index is 0.0390. The molecule has 8 fully saturated rings. The van der Waals surface area contributed by atoms with E-state index in [9.17, 15) is 101 Å². The largest absolute Gasteiger partial charge is 0.394 e. The summed E-state index contributed by atoms with van der Waals surface area (Å²) in [6.45, 7) is -0.158. The summed E-state index contributed by atoms with van der Waals surface area (Å²) in [5.41, 5.74) is 0.379. The summed E-state index contributed by atoms with van der Waals surface area (Å²) in [6, 6.07) is -1.59. The monoisotopic (exact) mass is 1500 g/mol. The number of unbranched alkanes of at least 4 members (excludes halogenated alkanes) is 1. The Balaban J connectivity index is 0.717. The first kappa shape index (κ1) is 82.5. The molecule has 8 aliphatic heterocycles. The van der Waals surface area contributed by atoms with E-state index in [1.807, 2.05) is 11.8 Å². The zero-order valence-electron chi connectivity index (χ0n) is 55.9. The van der Waals surface area contributed by atoms with Gasteiger partial charge in [-0.15, -0.1) is 5.10 Å². The second-order valence-corrected chi connectivity index (χ2v) is 27.2. The summed E-state index contributed by atoms with van der Waals surface area (Å²) in [6.07, 6.45) is -49.4. The summed E-state index contributed by atoms with van der Waals surface area (Å²) < 4.78 is 82.5. The van der Waals surface area contributed by atoms with Crippen LogP contribution in [0.25, 0.3) is 0 Å². The highest BCUT2D eigenvalue weighted by atomic mass is 32.2. The molecule has 8 saturated heterocycles. The topological polar surface area (TPSA) is 615 Å². The van der Waals surface area contributed by atoms with E-state index in [1.165, 1.54) is 11.6 Å². The molecular formula is C59H100N8O34S. The number of carbonyl (C=O) groups is 3. The van der Waals surface area contributed by atoms with Crippen LogP contribution in [0.2, 0.25) is 0 Å². The summed E-state index contributed by atoms with van der Waals surface area (Å²) >= 11 is 1.85. The molecule has 0 bridgehead atoms. The van der Waals surface area contributed by atoms with Crippen LogP contribution in [0.4, 0.5) is 4.79 Å². The van der Waals surface area contributed by atoms with Gasteiger partial charge in [0.05, 0.1) is 103 Å². The maximum absolute atomic E-state index is 12.9. The predicted molar refractivity (Wildman–Crippen MR) is 333 cm³/mol. The number of ether oxygens (including phenoxy) is 14. The molecule has 42 nitrogen and oxygen atoms in total. The highest BCUT2D eigenvalue weighted by molar-refractivity contribution is 8.00. The maximum Gasteiger partial charge on any atom is 0.315 e. The van der Waals surface area contributed by atoms with Crippen LogP contribution in [-0.4, -0.2) is 406 Å². The Bertz CT molecular complexity index is 2720. The van der Waals surface area contributed by atoms with Gasteiger partial charge in [0.15, 0.2) is 31.5 Å². The second kappa shape index (κ2) is 39.0. The number of nitrogens with one attached hydrogen (secondary N) is 5. The summed E-state index contributed by atoms with van der Waals surface area (Å²) in [4.78, 5) is 36.7. The number of hydrogen-bond donors (Lipinski definition) is 22. The number of urea groups is 1. The highest BCUT2D eigenvalue weighted by Gasteiger charge is 2.58. The number of fused-ring (bicyclic) bond motifs is 1. The van der Waals surface area contributed by atoms with Crippen LogP contribution < -0.4 is 26.6 Å². The molecule has 30 unspecified atom stereocenters. The first-order chi connectivity index (χ1) is 48.9. The van der Waals surface area contributed by atoms with Crippen LogP contribution in [0, 0.1) is 0 Å². The molecule has 586 valence electrons. The third-order valence-electron chi connectivity index (χ3n) is 18.7. The molecule has 0 aromatic carbocycles. The third-order valence-corrected chi connectivity index (χ3v) is 20.3. The fourth-order valence-electron chi connectivity index (χ4n) is 13.1. The van der Waals surface area contributed by atoms with E-state index in [1.54, 1.807) is 6.20 Å². The highest BCUT2D eigenvalue weighted by Crippen LogP contribution is 2.38. The van der Waals surface area contributed by atoms with Crippen LogP contribution in [-0.2, 0) is 89.0 Å². The van der Waals surface area contributed by atoms with Gasteiger partial charge in [0.2, 0.25) is 11.8 Å². The van der Waals surface area contributed by atoms with Gasteiger partial charge in [-0.05, 0) is 19.8 Å². The summed E-state index contributed by atoms with van der Waals surface area (Å²) in [5.74, 6) is -0.0106. The first-order valence-electron chi connectivity index (χ1n) is 33.9. The van der Waals surface area contributed by atoms with Crippen molar-refractivity contribution in [2.75, 3.05) is 85.0 Å². The van der Waals surface area contributed by atoms with Crippen LogP contribution in [0.1, 0.15) is 45.2 Å². The molecule has 0 spiro atoms. The molecule has 33 atom stereocenters. The molecular weight excluding hydrogens is 1400 g/mol. The van der Waals surface area contributed by atoms with E-state index in [4.69, 9.17) is 66.3 Å². The van der Waals surface area contributed by atoms with Crippen molar-refractivity contribution >= 4 is 29.6 Å². The van der Waals surface area contributed by atoms with Gasteiger partial charge in [0, 0.05) is 43.6 Å². The van der Waals surface area contributed by atoms with Crippen molar-refractivity contribution in [2.45, 2.75) is 254 Å². The fraction of sp³-hybridized carbons (Fsp3) is 0.915. The van der Waals surface area contributed by atoms with Crippen molar-refractivity contribution in [3.05, 3.63) is 11.9 Å². The van der Waals surface area contributed by atoms with Gasteiger partial charge >= 0.3 is 6.03 Å². The van der Waals surface area contributed by atoms with E-state index >= 15 is 0 Å². The normalized spacial score (nSPS) is 42.4. The molecule has 43 heteroatoms. The number of aliphatic hydroxyl groups is 17. The summed E-state index contributed by atoms with van der Waals surface area (Å²) in [5, 5.41) is 209. The van der Waals surface area contributed by atoms with Crippen molar-refractivity contribution in [1.82, 2.24) is 41.6 Å². The first-order valence-corrected chi connectivity index (χ1v) is 34.9. The van der Waals surface area contributed by atoms with Gasteiger partial charge < -0.3 is 174 Å². The van der Waals surface area contributed by atoms with Gasteiger partial charge in [-0.3, -0.25) is 14.9 Å². The number of nitrogens with zero attached hydrogens (tertiary/aromatic N) is 3. The fourth-order valence-corrected chi connectivity index (χ4v) is 14.6. The zero-order chi connectivity index (χ0) is 73.6. The molecule has 22 N–H and O–H groups in total. The lowest BCUT2D eigenvalue weighted by molar-refractivity contribution is -0.392. The molecule has 9 rings (SSSR count). The third kappa shape index (κ3) is 20.4. The minimum atomic E-state index is -2.24. The molecule has 102 heavy (non-hydrogen) atoms. The number of amides is 4. The van der Waals surface area contributed by atoms with Gasteiger partial charge in [-0.1, -0.05) is 11.6 Å². The lowest BCUT2D eigenvalue weighted by Gasteiger charge is -2.51. The standard InChI is InChI=1S/C59H100N8O34S/c1-23-36(75)40(79)45(84)55(91-23)101-52-41(80)37(76)27(17-68)95-58(52)99-50-35(62-24(2)73)54(93-28(18-69)38(50)77)100-51-39(78)29(19-70)94-57(47(51)86)98-49-31(21-72)96-56(46(85)43(49)82)97-48-30(20-71)92-53(44(83)42(48)81)61-15-25-16-67(66-65-25)8-10-89-12-14-90-13-11-88-9-7-60-33(74)6-4-3-5-32-34-26(22-102-32)63-59(87)64-34/h16,23,26-32,34-58,61,68-72,75-86H,3-15,17-22H2,1-2H3,(H,60,74)(H,62,73)(H2,63,64,87)/t23?,26-,27?,28?,29?,30?,31?,32-,34-,35?,36?,37?,38?,39?,40?,41?,42?,43?,44?,45?,46?,47?,48?,49?,50?,51?,52?,53?,54?,55?,56?,57?,58?/m1/s1. The minimum Gasteiger partial charge on any atom is -0.394 e. The lowest BCUT2D eigenvalue weighted by Crippen LogP contribution is -2.70. The van der Waals surface area contributed by atoms with Gasteiger partial charge in [-0.25, -0.2) is 9.48 Å². The van der Waals surface area contributed by atoms with E-state index in [2.05, 4.69) is 36.9 Å². The van der Waals surface area contributed by atoms with E-state index in [0.29, 0.717) is 56.9 Å². The summed E-state index contributed by atoms with van der Waals surface area (Å²) in [7, 11) is 0. The van der Waals surface area contributed by atoms with Crippen LogP contribution in [0.5, 0.6) is 0 Å². The molecule has 8 aliphatic rings. The average molecular weight is 1500 g/mol. The Morgan fingerprint density at radius 3 is 1.75 bits per heavy atom. The van der Waals surface area contributed by atoms with E-state index in [-0.39, 0.29) is 43.8 Å². The molecule has 0 saturated carbocycles. The Kier molecular flexibility index (Phi) is 31.5. The second-order valence-electron chi connectivity index (χ2n) is 25.9. The number of thioether (sulfide) groups is 1. The van der Waals surface area contributed by atoms with Crippen molar-refractivity contribution in [2.24, 2.45) is 0 Å². The zero-order valence-corrected chi connectivity index (χ0v) is 56.7. The van der Waals surface area contributed by atoms with Crippen LogP contribution in [0.3, 0.4) is 0 Å². The molecule has 1 aromatic rings.